The van der Waals surface area contributed by atoms with Crippen LogP contribution in [0.1, 0.15) is 6.92 Å². The maximum Gasteiger partial charge on any atom is 0.308 e. The summed E-state index contributed by atoms with van der Waals surface area (Å²) in [5.41, 5.74) is 0. The summed E-state index contributed by atoms with van der Waals surface area (Å²) in [6.45, 7) is 1.69. The summed E-state index contributed by atoms with van der Waals surface area (Å²) in [5.74, 6) is -0.359. The van der Waals surface area contributed by atoms with Gasteiger partial charge in [-0.25, -0.2) is 0 Å². The van der Waals surface area contributed by atoms with Crippen LogP contribution in [0.4, 0.5) is 0 Å². The van der Waals surface area contributed by atoms with Gasteiger partial charge in [0.1, 0.15) is 4.32 Å². The number of carboxylic acids is 1. The molecule has 0 aromatic rings. The molecule has 11 heavy (non-hydrogen) atoms. The van der Waals surface area contributed by atoms with Crippen LogP contribution in [0.2, 0.25) is 0 Å². The number of carbonyl (C=O) groups is 1. The van der Waals surface area contributed by atoms with Gasteiger partial charge in [0, 0.05) is 11.8 Å². The first-order chi connectivity index (χ1) is 5.11. The predicted octanol–water partition coefficient (Wildman–Crippen LogP) is 0.697. The van der Waals surface area contributed by atoms with Crippen LogP contribution in [-0.4, -0.2) is 27.2 Å². The molecule has 1 rings (SSSR count). The van der Waals surface area contributed by atoms with Crippen LogP contribution in [-0.2, 0) is 4.79 Å². The first kappa shape index (κ1) is 8.80. The van der Waals surface area contributed by atoms with Crippen molar-refractivity contribution in [1.29, 1.82) is 0 Å². The van der Waals surface area contributed by atoms with Crippen molar-refractivity contribution in [1.82, 2.24) is 5.32 Å². The lowest BCUT2D eigenvalue weighted by Gasteiger charge is -2.13. The second-order valence-electron chi connectivity index (χ2n) is 2.48. The van der Waals surface area contributed by atoms with Crippen molar-refractivity contribution in [3.63, 3.8) is 0 Å². The molecule has 0 bridgehead atoms. The lowest BCUT2D eigenvalue weighted by atomic mass is 10.1. The van der Waals surface area contributed by atoms with Crippen molar-refractivity contribution in [3.8, 4) is 0 Å². The van der Waals surface area contributed by atoms with E-state index in [9.17, 15) is 4.79 Å². The molecule has 1 fully saturated rings. The molecule has 0 aromatic heterocycles. The molecule has 1 aliphatic rings. The summed E-state index contributed by atoms with van der Waals surface area (Å²) < 4.78 is 0.711. The molecule has 62 valence electrons. The summed E-state index contributed by atoms with van der Waals surface area (Å²) >= 11 is 6.37. The second kappa shape index (κ2) is 3.40. The highest BCUT2D eigenvalue weighted by Gasteiger charge is 2.28. The molecule has 0 saturated carbocycles. The van der Waals surface area contributed by atoms with Crippen LogP contribution < -0.4 is 5.32 Å². The molecule has 0 radical (unpaired) electrons. The molecule has 1 heterocycles. The smallest absolute Gasteiger partial charge is 0.308 e. The van der Waals surface area contributed by atoms with E-state index in [-0.39, 0.29) is 12.0 Å². The topological polar surface area (TPSA) is 49.3 Å². The molecular weight excluding hydrogens is 182 g/mol. The van der Waals surface area contributed by atoms with Gasteiger partial charge in [0.25, 0.3) is 0 Å². The zero-order valence-electron chi connectivity index (χ0n) is 6.03. The Morgan fingerprint density at radius 3 is 3.00 bits per heavy atom. The third-order valence-electron chi connectivity index (χ3n) is 1.69. The van der Waals surface area contributed by atoms with Gasteiger partial charge in [-0.15, -0.1) is 0 Å². The summed E-state index contributed by atoms with van der Waals surface area (Å²) in [7, 11) is 0. The first-order valence-electron chi connectivity index (χ1n) is 3.27. The fourth-order valence-electron chi connectivity index (χ4n) is 0.842. The minimum absolute atomic E-state index is 0.00463. The molecule has 3 nitrogen and oxygen atoms in total. The van der Waals surface area contributed by atoms with E-state index in [1.54, 1.807) is 6.92 Å². The van der Waals surface area contributed by atoms with Gasteiger partial charge in [0.15, 0.2) is 0 Å². The van der Waals surface area contributed by atoms with Crippen LogP contribution in [0, 0.1) is 5.92 Å². The maximum absolute atomic E-state index is 10.5. The van der Waals surface area contributed by atoms with Gasteiger partial charge in [-0.05, 0) is 6.92 Å². The number of rotatable bonds is 2. The highest BCUT2D eigenvalue weighted by atomic mass is 32.2. The van der Waals surface area contributed by atoms with Crippen LogP contribution in [0.3, 0.4) is 0 Å². The molecule has 0 amide bonds. The monoisotopic (exact) mass is 191 g/mol. The first-order valence-corrected chi connectivity index (χ1v) is 4.66. The summed E-state index contributed by atoms with van der Waals surface area (Å²) in [5, 5.41) is 11.6. The average molecular weight is 191 g/mol. The van der Waals surface area contributed by atoms with Crippen molar-refractivity contribution >= 4 is 34.3 Å². The van der Waals surface area contributed by atoms with Crippen molar-refractivity contribution in [3.05, 3.63) is 0 Å². The Morgan fingerprint density at radius 2 is 2.64 bits per heavy atom. The van der Waals surface area contributed by atoms with E-state index in [1.807, 2.05) is 0 Å². The van der Waals surface area contributed by atoms with E-state index in [2.05, 4.69) is 5.32 Å². The predicted molar refractivity (Wildman–Crippen MR) is 48.8 cm³/mol. The Hall–Kier alpha value is -0.290. The Bertz CT molecular complexity index is 195. The Kier molecular flexibility index (Phi) is 2.72. The minimum atomic E-state index is -0.771. The Morgan fingerprint density at radius 1 is 2.00 bits per heavy atom. The zero-order valence-corrected chi connectivity index (χ0v) is 7.67. The fraction of sp³-hybridized carbons (Fsp3) is 0.667. The van der Waals surface area contributed by atoms with Gasteiger partial charge in [0.05, 0.1) is 5.92 Å². The Balaban J connectivity index is 2.49. The summed E-state index contributed by atoms with van der Waals surface area (Å²) in [4.78, 5) is 10.5. The normalized spacial score (nSPS) is 26.3. The number of nitrogens with one attached hydrogen (secondary N) is 1. The number of carboxylic acid groups (broad SMARTS) is 1. The average Bonchev–Trinajstić information content (AvgIpc) is 2.34. The standard InChI is InChI=1S/C6H9NO2S2/c1-3(5(8)9)4-2-11-6(10)7-4/h3-4H,2H2,1H3,(H,7,10)(H,8,9). The van der Waals surface area contributed by atoms with Crippen molar-refractivity contribution in [2.75, 3.05) is 5.75 Å². The van der Waals surface area contributed by atoms with Gasteiger partial charge in [-0.3, -0.25) is 4.79 Å². The van der Waals surface area contributed by atoms with Gasteiger partial charge >= 0.3 is 5.97 Å². The summed E-state index contributed by atoms with van der Waals surface area (Å²) in [6.07, 6.45) is 0. The minimum Gasteiger partial charge on any atom is -0.481 e. The van der Waals surface area contributed by atoms with Gasteiger partial charge < -0.3 is 10.4 Å². The molecular formula is C6H9NO2S2. The molecule has 2 atom stereocenters. The fourth-order valence-corrected chi connectivity index (χ4v) is 2.13. The number of hydrogen-bond donors (Lipinski definition) is 2. The largest absolute Gasteiger partial charge is 0.481 e. The molecule has 0 aliphatic carbocycles. The van der Waals surface area contributed by atoms with Gasteiger partial charge in [-0.2, -0.15) is 0 Å². The van der Waals surface area contributed by atoms with Crippen molar-refractivity contribution in [2.45, 2.75) is 13.0 Å². The van der Waals surface area contributed by atoms with Crippen LogP contribution >= 0.6 is 24.0 Å². The van der Waals surface area contributed by atoms with Crippen molar-refractivity contribution in [2.24, 2.45) is 5.92 Å². The van der Waals surface area contributed by atoms with Gasteiger partial charge in [-0.1, -0.05) is 24.0 Å². The molecule has 2 N–H and O–H groups in total. The van der Waals surface area contributed by atoms with E-state index in [1.165, 1.54) is 11.8 Å². The zero-order chi connectivity index (χ0) is 8.43. The molecule has 1 saturated heterocycles. The number of thioether (sulfide) groups is 1. The van der Waals surface area contributed by atoms with Crippen molar-refractivity contribution < 1.29 is 9.90 Å². The van der Waals surface area contributed by atoms with E-state index >= 15 is 0 Å². The third kappa shape index (κ3) is 2.07. The third-order valence-corrected chi connectivity index (χ3v) is 3.07. The number of thiocarbonyl (C=S) groups is 1. The van der Waals surface area contributed by atoms with E-state index in [0.29, 0.717) is 4.32 Å². The SMILES string of the molecule is CC(C(=O)O)C1CSC(=S)N1. The molecule has 1 aliphatic heterocycles. The molecule has 5 heteroatoms. The maximum atomic E-state index is 10.5. The lowest BCUT2D eigenvalue weighted by Crippen LogP contribution is -2.36. The van der Waals surface area contributed by atoms with E-state index in [4.69, 9.17) is 17.3 Å². The van der Waals surface area contributed by atoms with Crippen LogP contribution in [0.5, 0.6) is 0 Å². The lowest BCUT2D eigenvalue weighted by molar-refractivity contribution is -0.141. The van der Waals surface area contributed by atoms with Crippen LogP contribution in [0.15, 0.2) is 0 Å². The van der Waals surface area contributed by atoms with Crippen LogP contribution in [0.25, 0.3) is 0 Å². The molecule has 0 spiro atoms. The highest BCUT2D eigenvalue weighted by Crippen LogP contribution is 2.19. The quantitative estimate of drug-likeness (QED) is 0.629. The summed E-state index contributed by atoms with van der Waals surface area (Å²) in [6, 6.07) is 0.00463. The van der Waals surface area contributed by atoms with E-state index in [0.717, 1.165) is 5.75 Å². The highest BCUT2D eigenvalue weighted by molar-refractivity contribution is 8.23. The molecule has 2 unspecified atom stereocenters. The molecule has 0 aromatic carbocycles. The number of hydrogen-bond acceptors (Lipinski definition) is 3. The van der Waals surface area contributed by atoms with E-state index < -0.39 is 5.97 Å². The van der Waals surface area contributed by atoms with Gasteiger partial charge in [0.2, 0.25) is 0 Å². The number of aliphatic carboxylic acids is 1. The Labute approximate surface area is 74.5 Å². The second-order valence-corrected chi connectivity index (χ2v) is 4.17.